The van der Waals surface area contributed by atoms with Gasteiger partial charge in [-0.05, 0) is 28.5 Å². The molecule has 0 aliphatic carbocycles. The Labute approximate surface area is 128 Å². The number of benzene rings is 1. The lowest BCUT2D eigenvalue weighted by molar-refractivity contribution is 0.0989. The van der Waals surface area contributed by atoms with E-state index in [4.69, 9.17) is 0 Å². The molecule has 2 rings (SSSR count). The molecule has 0 atom stereocenters. The van der Waals surface area contributed by atoms with Gasteiger partial charge in [0.25, 0.3) is 0 Å². The van der Waals surface area contributed by atoms with Crippen LogP contribution in [0, 0.1) is 0 Å². The highest BCUT2D eigenvalue weighted by atomic mass is 16.1. The molecule has 0 N–H and O–H groups in total. The van der Waals surface area contributed by atoms with Gasteiger partial charge in [0.15, 0.2) is 5.78 Å². The fraction of sp³-hybridized carbons (Fsp3) is 0.526. The third-order valence-electron chi connectivity index (χ3n) is 4.21. The fourth-order valence-corrected chi connectivity index (χ4v) is 2.87. The summed E-state index contributed by atoms with van der Waals surface area (Å²) in [6.07, 6.45) is 2.55. The van der Waals surface area contributed by atoms with Crippen molar-refractivity contribution in [3.05, 3.63) is 35.0 Å². The third kappa shape index (κ3) is 2.76. The molecule has 0 aliphatic rings. The maximum atomic E-state index is 12.3. The number of Topliss-reactive ketones (excluding diaryl/α,β-unsaturated/α-hetero) is 1. The molecule has 0 fully saturated rings. The number of nitrogens with zero attached hydrogens (tertiary/aromatic N) is 1. The van der Waals surface area contributed by atoms with Crippen molar-refractivity contribution < 1.29 is 4.79 Å². The number of fused-ring (bicyclic) bond motifs is 1. The van der Waals surface area contributed by atoms with Crippen LogP contribution in [0.1, 0.15) is 75.4 Å². The van der Waals surface area contributed by atoms with Gasteiger partial charge in [0.2, 0.25) is 0 Å². The van der Waals surface area contributed by atoms with E-state index in [-0.39, 0.29) is 11.2 Å². The molecular weight excluding hydrogens is 258 g/mol. The minimum atomic E-state index is 0.0835. The molecule has 0 amide bonds. The molecule has 0 saturated carbocycles. The second kappa shape index (κ2) is 5.32. The van der Waals surface area contributed by atoms with Crippen molar-refractivity contribution in [3.63, 3.8) is 0 Å². The second-order valence-electron chi connectivity index (χ2n) is 7.30. The first kappa shape index (κ1) is 15.8. The maximum absolute atomic E-state index is 12.3. The van der Waals surface area contributed by atoms with Crippen LogP contribution in [0.3, 0.4) is 0 Å². The Kier molecular flexibility index (Phi) is 4.01. The molecule has 2 aromatic rings. The van der Waals surface area contributed by atoms with E-state index >= 15 is 0 Å². The fourth-order valence-electron chi connectivity index (χ4n) is 2.87. The molecule has 0 radical (unpaired) electrons. The monoisotopic (exact) mass is 285 g/mol. The van der Waals surface area contributed by atoms with Crippen molar-refractivity contribution in [2.24, 2.45) is 7.05 Å². The summed E-state index contributed by atoms with van der Waals surface area (Å²) in [5.41, 5.74) is 4.78. The predicted molar refractivity (Wildman–Crippen MR) is 90.3 cm³/mol. The number of aromatic nitrogens is 1. The van der Waals surface area contributed by atoms with Crippen LogP contribution in [-0.2, 0) is 12.5 Å². The molecule has 2 heteroatoms. The van der Waals surface area contributed by atoms with Crippen LogP contribution in [-0.4, -0.2) is 10.4 Å². The summed E-state index contributed by atoms with van der Waals surface area (Å²) in [5, 5.41) is 1.11. The molecular formula is C19H27NO. The van der Waals surface area contributed by atoms with Crippen molar-refractivity contribution >= 4 is 16.7 Å². The molecule has 21 heavy (non-hydrogen) atoms. The quantitative estimate of drug-likeness (QED) is 0.711. The van der Waals surface area contributed by atoms with Gasteiger partial charge in [0, 0.05) is 30.6 Å². The zero-order valence-corrected chi connectivity index (χ0v) is 14.4. The van der Waals surface area contributed by atoms with Crippen molar-refractivity contribution in [2.45, 2.75) is 59.3 Å². The van der Waals surface area contributed by atoms with Gasteiger partial charge in [-0.1, -0.05) is 47.6 Å². The number of aryl methyl sites for hydroxylation is 1. The summed E-state index contributed by atoms with van der Waals surface area (Å²) in [7, 11) is 2.04. The molecule has 2 nitrogen and oxygen atoms in total. The Bertz CT molecular complexity index is 684. The minimum absolute atomic E-state index is 0.0835. The van der Waals surface area contributed by atoms with Gasteiger partial charge < -0.3 is 4.57 Å². The molecule has 0 saturated heterocycles. The number of hydrogen-bond donors (Lipinski definition) is 0. The molecule has 114 valence electrons. The van der Waals surface area contributed by atoms with Crippen molar-refractivity contribution in [3.8, 4) is 0 Å². The highest BCUT2D eigenvalue weighted by Gasteiger charge is 2.21. The van der Waals surface area contributed by atoms with E-state index in [1.807, 2.05) is 20.2 Å². The summed E-state index contributed by atoms with van der Waals surface area (Å²) in [4.78, 5) is 12.3. The van der Waals surface area contributed by atoms with Crippen LogP contribution < -0.4 is 0 Å². The number of ketones is 1. The predicted octanol–water partition coefficient (Wildman–Crippen LogP) is 5.19. The Morgan fingerprint density at radius 2 is 1.86 bits per heavy atom. The first-order valence-electron chi connectivity index (χ1n) is 7.83. The first-order valence-corrected chi connectivity index (χ1v) is 7.83. The third-order valence-corrected chi connectivity index (χ3v) is 4.21. The molecule has 0 aliphatic heterocycles. The Morgan fingerprint density at radius 1 is 1.24 bits per heavy atom. The average Bonchev–Trinajstić information content (AvgIpc) is 2.73. The lowest BCUT2D eigenvalue weighted by Gasteiger charge is -2.22. The summed E-state index contributed by atoms with van der Waals surface area (Å²) >= 11 is 0. The zero-order valence-electron chi connectivity index (χ0n) is 14.4. The number of rotatable bonds is 3. The van der Waals surface area contributed by atoms with Gasteiger partial charge in [0.1, 0.15) is 0 Å². The van der Waals surface area contributed by atoms with Crippen LogP contribution in [0.5, 0.6) is 0 Å². The van der Waals surface area contributed by atoms with Gasteiger partial charge in [-0.15, -0.1) is 0 Å². The molecule has 0 bridgehead atoms. The topological polar surface area (TPSA) is 22.0 Å². The summed E-state index contributed by atoms with van der Waals surface area (Å²) in [6, 6.07) is 4.53. The summed E-state index contributed by atoms with van der Waals surface area (Å²) in [6.45, 7) is 13.0. The lowest BCUT2D eigenvalue weighted by Crippen LogP contribution is -2.12. The molecule has 0 unspecified atom stereocenters. The van der Waals surface area contributed by atoms with E-state index in [9.17, 15) is 4.79 Å². The maximum Gasteiger partial charge on any atom is 0.164 e. The number of carbonyl (C=O) groups excluding carboxylic acids is 1. The lowest BCUT2D eigenvalue weighted by atomic mass is 9.83. The standard InChI is InChI=1S/C19H27NO/c1-8-17(21)16-11-20(7)18-14(12(2)3)9-13(10-15(16)18)19(4,5)6/h9-12H,8H2,1-7H3. The van der Waals surface area contributed by atoms with Crippen LogP contribution in [0.15, 0.2) is 18.3 Å². The van der Waals surface area contributed by atoms with E-state index in [0.29, 0.717) is 12.3 Å². The van der Waals surface area contributed by atoms with Crippen molar-refractivity contribution in [1.82, 2.24) is 4.57 Å². The van der Waals surface area contributed by atoms with Gasteiger partial charge in [0.05, 0.1) is 5.52 Å². The Balaban J connectivity index is 2.88. The largest absolute Gasteiger partial charge is 0.350 e. The van der Waals surface area contributed by atoms with Gasteiger partial charge in [-0.25, -0.2) is 0 Å². The van der Waals surface area contributed by atoms with Crippen LogP contribution in [0.4, 0.5) is 0 Å². The highest BCUT2D eigenvalue weighted by molar-refractivity contribution is 6.09. The van der Waals surface area contributed by atoms with Gasteiger partial charge in [-0.2, -0.15) is 0 Å². The van der Waals surface area contributed by atoms with Crippen LogP contribution in [0.2, 0.25) is 0 Å². The molecule has 0 spiro atoms. The molecule has 1 aromatic heterocycles. The van der Waals surface area contributed by atoms with E-state index in [1.165, 1.54) is 16.6 Å². The molecule has 1 aromatic carbocycles. The highest BCUT2D eigenvalue weighted by Crippen LogP contribution is 2.35. The summed E-state index contributed by atoms with van der Waals surface area (Å²) < 4.78 is 2.11. The second-order valence-corrected chi connectivity index (χ2v) is 7.30. The minimum Gasteiger partial charge on any atom is -0.350 e. The Hall–Kier alpha value is -1.57. The van der Waals surface area contributed by atoms with E-state index in [1.54, 1.807) is 0 Å². The van der Waals surface area contributed by atoms with Crippen molar-refractivity contribution in [1.29, 1.82) is 0 Å². The van der Waals surface area contributed by atoms with E-state index in [2.05, 4.69) is 51.3 Å². The van der Waals surface area contributed by atoms with Crippen LogP contribution in [0.25, 0.3) is 10.9 Å². The smallest absolute Gasteiger partial charge is 0.164 e. The van der Waals surface area contributed by atoms with Gasteiger partial charge >= 0.3 is 0 Å². The van der Waals surface area contributed by atoms with E-state index in [0.717, 1.165) is 10.9 Å². The normalized spacial score (nSPS) is 12.4. The average molecular weight is 285 g/mol. The van der Waals surface area contributed by atoms with E-state index < -0.39 is 0 Å². The van der Waals surface area contributed by atoms with Crippen molar-refractivity contribution in [2.75, 3.05) is 0 Å². The molecule has 1 heterocycles. The summed E-state index contributed by atoms with van der Waals surface area (Å²) in [5.74, 6) is 0.661. The van der Waals surface area contributed by atoms with Crippen LogP contribution >= 0.6 is 0 Å². The number of hydrogen-bond acceptors (Lipinski definition) is 1. The SMILES string of the molecule is CCC(=O)c1cn(C)c2c(C(C)C)cc(C(C)(C)C)cc12. The first-order chi connectivity index (χ1) is 9.66. The Morgan fingerprint density at radius 3 is 2.33 bits per heavy atom. The van der Waals surface area contributed by atoms with Gasteiger partial charge in [-0.3, -0.25) is 4.79 Å². The zero-order chi connectivity index (χ0) is 15.9. The number of carbonyl (C=O) groups is 1.